The fourth-order valence-corrected chi connectivity index (χ4v) is 9.54. The van der Waals surface area contributed by atoms with Gasteiger partial charge in [0.2, 0.25) is 0 Å². The number of carbonyl (C=O) groups is 2. The highest BCUT2D eigenvalue weighted by molar-refractivity contribution is 6.31. The maximum Gasteiger partial charge on any atom is 0.347 e. The summed E-state index contributed by atoms with van der Waals surface area (Å²) in [6, 6.07) is 27.4. The zero-order valence-electron chi connectivity index (χ0n) is 32.0. The van der Waals surface area contributed by atoms with Gasteiger partial charge in [0.1, 0.15) is 11.4 Å². The van der Waals surface area contributed by atoms with Crippen molar-refractivity contribution < 1.29 is 24.2 Å². The third kappa shape index (κ3) is 5.29. The third-order valence-electron chi connectivity index (χ3n) is 12.2. The molecule has 0 bridgehead atoms. The van der Waals surface area contributed by atoms with Crippen molar-refractivity contribution in [2.75, 3.05) is 14.2 Å². The summed E-state index contributed by atoms with van der Waals surface area (Å²) in [5.74, 6) is -1.63. The van der Waals surface area contributed by atoms with Gasteiger partial charge in [-0.2, -0.15) is 0 Å². The Bertz CT molecular complexity index is 2920. The number of allylic oxidation sites excluding steroid dienone is 4. The van der Waals surface area contributed by atoms with Crippen LogP contribution in [0.1, 0.15) is 40.8 Å². The Hall–Kier alpha value is -7.02. The molecule has 3 aliphatic rings. The van der Waals surface area contributed by atoms with Gasteiger partial charge in [0.25, 0.3) is 5.56 Å². The first kappa shape index (κ1) is 36.6. The van der Waals surface area contributed by atoms with Gasteiger partial charge < -0.3 is 19.1 Å². The lowest BCUT2D eigenvalue weighted by atomic mass is 9.47. The number of phenolic OH excluding ortho intramolecular Hbond substituents is 1. The van der Waals surface area contributed by atoms with Crippen molar-refractivity contribution in [2.24, 2.45) is 13.0 Å². The molecule has 13 heteroatoms. The summed E-state index contributed by atoms with van der Waals surface area (Å²) < 4.78 is 16.1. The Morgan fingerprint density at radius 2 is 1.52 bits per heavy atom. The summed E-state index contributed by atoms with van der Waals surface area (Å²) in [4.78, 5) is 77.1. The minimum Gasteiger partial charge on any atom is -0.508 e. The van der Waals surface area contributed by atoms with E-state index in [2.05, 4.69) is 4.98 Å². The second kappa shape index (κ2) is 13.9. The first-order valence-corrected chi connectivity index (χ1v) is 19.0. The topological polar surface area (TPSA) is 157 Å². The fourth-order valence-electron chi connectivity index (χ4n) is 9.54. The molecule has 292 valence electrons. The number of hydrogen-bond acceptors (Lipinski definition) is 9. The van der Waals surface area contributed by atoms with Crippen LogP contribution in [-0.4, -0.2) is 54.4 Å². The summed E-state index contributed by atoms with van der Waals surface area (Å²) in [5.41, 5.74) is 0.612. The van der Waals surface area contributed by atoms with Crippen molar-refractivity contribution in [3.05, 3.63) is 168 Å². The zero-order valence-corrected chi connectivity index (χ0v) is 32.0. The standard InChI is InChI=1S/C45H39N5O8/c1-47-35-25-38(58-3)37(57-2)24-33(35)46-32(42(47)54)19-20-48-43(55)49-21-18-28-34(50(49)44(48)56)23-31-41(53)30(26-12-6-4-7-13-26)22-39(52)45(31,27-14-8-5-9-15-27)40(28)29-16-10-11-17-36(29)51/h4-18,22,24-25,31,34,40,51H,19-21,23H2,1-3H3/t31-,34+,40+,45-/m0/s1. The number of methoxy groups -OCH3 is 2. The lowest BCUT2D eigenvalue weighted by molar-refractivity contribution is -0.133. The molecule has 4 aromatic carbocycles. The average Bonchev–Trinajstić information content (AvgIpc) is 3.50. The molecule has 0 spiro atoms. The fraction of sp³-hybridized carbons (Fsp3) is 0.244. The predicted octanol–water partition coefficient (Wildman–Crippen LogP) is 4.48. The van der Waals surface area contributed by atoms with Gasteiger partial charge in [0, 0.05) is 55.1 Å². The van der Waals surface area contributed by atoms with Crippen LogP contribution in [0.5, 0.6) is 17.2 Å². The number of rotatable bonds is 8. The number of ether oxygens (including phenoxy) is 2. The van der Waals surface area contributed by atoms with Crippen molar-refractivity contribution in [2.45, 2.75) is 43.3 Å². The SMILES string of the molecule is COc1cc2nc(CCn3c(=O)n4n(c3=O)[C@@H]3C[C@H]5C(=O)C(c6ccccc6)=CC(=O)[C@@]5(c5ccccc5)[C@@H](c5ccccc5O)C3=CC4)c(=O)n(C)c2cc1OC. The molecule has 0 radical (unpaired) electrons. The lowest BCUT2D eigenvalue weighted by Gasteiger charge is -2.54. The molecule has 2 aromatic heterocycles. The van der Waals surface area contributed by atoms with Gasteiger partial charge in [0.15, 0.2) is 23.1 Å². The van der Waals surface area contributed by atoms with Crippen LogP contribution in [0.25, 0.3) is 16.6 Å². The van der Waals surface area contributed by atoms with Crippen molar-refractivity contribution >= 4 is 28.2 Å². The van der Waals surface area contributed by atoms with Crippen molar-refractivity contribution in [3.63, 3.8) is 0 Å². The van der Waals surface area contributed by atoms with Crippen molar-refractivity contribution in [1.29, 1.82) is 0 Å². The van der Waals surface area contributed by atoms with Crippen LogP contribution in [0.2, 0.25) is 0 Å². The summed E-state index contributed by atoms with van der Waals surface area (Å²) >= 11 is 0. The third-order valence-corrected chi connectivity index (χ3v) is 12.2. The van der Waals surface area contributed by atoms with Gasteiger partial charge >= 0.3 is 11.4 Å². The van der Waals surface area contributed by atoms with Crippen LogP contribution in [-0.2, 0) is 41.6 Å². The molecule has 3 heterocycles. The highest BCUT2D eigenvalue weighted by Crippen LogP contribution is 2.62. The van der Waals surface area contributed by atoms with Gasteiger partial charge in [-0.25, -0.2) is 28.5 Å². The van der Waals surface area contributed by atoms with Crippen LogP contribution in [0.3, 0.4) is 0 Å². The van der Waals surface area contributed by atoms with Crippen LogP contribution >= 0.6 is 0 Å². The summed E-state index contributed by atoms with van der Waals surface area (Å²) in [7, 11) is 4.61. The number of aryl methyl sites for hydroxylation is 2. The first-order valence-electron chi connectivity index (χ1n) is 19.0. The highest BCUT2D eigenvalue weighted by Gasteiger charge is 2.63. The van der Waals surface area contributed by atoms with Crippen LogP contribution in [0, 0.1) is 5.92 Å². The Morgan fingerprint density at radius 3 is 2.22 bits per heavy atom. The number of hydrogen-bond donors (Lipinski definition) is 1. The van der Waals surface area contributed by atoms with Gasteiger partial charge in [-0.05, 0) is 35.3 Å². The Kier molecular flexibility index (Phi) is 8.75. The molecule has 1 saturated carbocycles. The van der Waals surface area contributed by atoms with Crippen molar-refractivity contribution in [3.8, 4) is 17.2 Å². The molecule has 58 heavy (non-hydrogen) atoms. The largest absolute Gasteiger partial charge is 0.508 e. The molecular weight excluding hydrogens is 739 g/mol. The summed E-state index contributed by atoms with van der Waals surface area (Å²) in [6.45, 7) is -0.149. The summed E-state index contributed by atoms with van der Waals surface area (Å²) in [6.07, 6.45) is 3.29. The van der Waals surface area contributed by atoms with E-state index in [9.17, 15) is 19.5 Å². The highest BCUT2D eigenvalue weighted by atomic mass is 16.5. The minimum atomic E-state index is -1.49. The van der Waals surface area contributed by atoms with E-state index in [0.29, 0.717) is 44.8 Å². The van der Waals surface area contributed by atoms with E-state index in [4.69, 9.17) is 9.47 Å². The Balaban J connectivity index is 1.18. The van der Waals surface area contributed by atoms with E-state index in [1.165, 1.54) is 34.2 Å². The average molecular weight is 778 g/mol. The van der Waals surface area contributed by atoms with Gasteiger partial charge in [-0.3, -0.25) is 14.4 Å². The number of aromatic hydroxyl groups is 1. The molecule has 2 aliphatic carbocycles. The smallest absolute Gasteiger partial charge is 0.347 e. The zero-order chi connectivity index (χ0) is 40.5. The number of phenols is 1. The number of fused-ring (bicyclic) bond motifs is 5. The molecule has 6 aromatic rings. The molecule has 13 nitrogen and oxygen atoms in total. The number of ketones is 2. The summed E-state index contributed by atoms with van der Waals surface area (Å²) in [5, 5.41) is 11.5. The number of aromatic nitrogens is 5. The maximum absolute atomic E-state index is 15.1. The lowest BCUT2D eigenvalue weighted by Crippen LogP contribution is -2.58. The number of Topliss-reactive ketones (excluding diaryl/α,β-unsaturated/α-hetero) is 1. The monoisotopic (exact) mass is 777 g/mol. The predicted molar refractivity (Wildman–Crippen MR) is 215 cm³/mol. The molecule has 0 saturated heterocycles. The maximum atomic E-state index is 15.1. The quantitative estimate of drug-likeness (QED) is 0.220. The van der Waals surface area contributed by atoms with E-state index >= 15 is 9.59 Å². The van der Waals surface area contributed by atoms with Gasteiger partial charge in [0.05, 0.1) is 43.3 Å². The van der Waals surface area contributed by atoms with Crippen LogP contribution in [0.4, 0.5) is 0 Å². The van der Waals surface area contributed by atoms with Crippen molar-refractivity contribution in [1.82, 2.24) is 23.5 Å². The number of nitrogens with zero attached hydrogens (tertiary/aromatic N) is 5. The molecular formula is C45H39N5O8. The first-order chi connectivity index (χ1) is 28.1. The van der Waals surface area contributed by atoms with Crippen LogP contribution in [0.15, 0.2) is 129 Å². The molecule has 0 amide bonds. The molecule has 1 N–H and O–H groups in total. The number of benzene rings is 4. The second-order valence-electron chi connectivity index (χ2n) is 14.9. The van der Waals surface area contributed by atoms with E-state index in [1.54, 1.807) is 67.7 Å². The van der Waals surface area contributed by atoms with Crippen LogP contribution < -0.4 is 26.4 Å². The minimum absolute atomic E-state index is 0.00258. The Morgan fingerprint density at radius 1 is 0.845 bits per heavy atom. The van der Waals surface area contributed by atoms with E-state index < -0.39 is 40.2 Å². The second-order valence-corrected chi connectivity index (χ2v) is 14.9. The normalized spacial score (nSPS) is 21.1. The van der Waals surface area contributed by atoms with E-state index in [-0.39, 0.29) is 54.5 Å². The van der Waals surface area contributed by atoms with Gasteiger partial charge in [-0.1, -0.05) is 84.9 Å². The van der Waals surface area contributed by atoms with E-state index in [1.807, 2.05) is 42.5 Å². The van der Waals surface area contributed by atoms with Gasteiger partial charge in [-0.15, -0.1) is 0 Å². The molecule has 0 unspecified atom stereocenters. The Labute approximate surface area is 331 Å². The molecule has 1 aliphatic heterocycles. The number of carbonyl (C=O) groups excluding carboxylic acids is 2. The molecule has 9 rings (SSSR count). The molecule has 4 atom stereocenters. The van der Waals surface area contributed by atoms with E-state index in [0.717, 1.165) is 4.57 Å². The molecule has 1 fully saturated rings. The number of para-hydroxylation sites is 1.